The number of benzene rings is 1. The monoisotopic (exact) mass is 394 g/mol. The SMILES string of the molecule is CCOC(=O)C(C[C@@H](OCc1ccccc1)[C@H]1COC(C)(C)O1)C(=O)OCC. The molecule has 0 spiro atoms. The first-order valence-electron chi connectivity index (χ1n) is 9.66. The number of ether oxygens (including phenoxy) is 5. The average molecular weight is 394 g/mol. The Kier molecular flexibility index (Phi) is 8.41. The highest BCUT2D eigenvalue weighted by molar-refractivity contribution is 5.94. The van der Waals surface area contributed by atoms with Crippen LogP contribution in [0.15, 0.2) is 30.3 Å². The summed E-state index contributed by atoms with van der Waals surface area (Å²) in [5, 5.41) is 0. The normalized spacial score (nSPS) is 19.4. The zero-order valence-corrected chi connectivity index (χ0v) is 17.0. The van der Waals surface area contributed by atoms with E-state index in [0.29, 0.717) is 13.2 Å². The fourth-order valence-corrected chi connectivity index (χ4v) is 3.01. The van der Waals surface area contributed by atoms with Crippen LogP contribution in [0.2, 0.25) is 0 Å². The van der Waals surface area contributed by atoms with Crippen molar-refractivity contribution in [3.8, 4) is 0 Å². The van der Waals surface area contributed by atoms with Crippen molar-refractivity contribution in [2.24, 2.45) is 5.92 Å². The highest BCUT2D eigenvalue weighted by Crippen LogP contribution is 2.29. The van der Waals surface area contributed by atoms with E-state index in [9.17, 15) is 9.59 Å². The Morgan fingerprint density at radius 1 is 1.11 bits per heavy atom. The van der Waals surface area contributed by atoms with Gasteiger partial charge in [-0.3, -0.25) is 9.59 Å². The predicted octanol–water partition coefficient (Wildman–Crippen LogP) is 2.86. The molecule has 1 fully saturated rings. The summed E-state index contributed by atoms with van der Waals surface area (Å²) in [7, 11) is 0. The summed E-state index contributed by atoms with van der Waals surface area (Å²) in [5.74, 6) is -3.06. The molecular formula is C21H30O7. The molecule has 28 heavy (non-hydrogen) atoms. The van der Waals surface area contributed by atoms with E-state index in [2.05, 4.69) is 0 Å². The zero-order valence-electron chi connectivity index (χ0n) is 17.0. The van der Waals surface area contributed by atoms with Gasteiger partial charge in [-0.1, -0.05) is 30.3 Å². The van der Waals surface area contributed by atoms with E-state index in [-0.39, 0.29) is 19.6 Å². The van der Waals surface area contributed by atoms with Crippen LogP contribution < -0.4 is 0 Å². The summed E-state index contributed by atoms with van der Waals surface area (Å²) in [4.78, 5) is 24.7. The molecule has 0 bridgehead atoms. The van der Waals surface area contributed by atoms with Crippen molar-refractivity contribution < 1.29 is 33.3 Å². The van der Waals surface area contributed by atoms with E-state index < -0.39 is 35.9 Å². The Balaban J connectivity index is 2.15. The zero-order chi connectivity index (χ0) is 20.6. The molecule has 2 rings (SSSR count). The van der Waals surface area contributed by atoms with Gasteiger partial charge in [0, 0.05) is 6.42 Å². The first kappa shape index (κ1) is 22.3. The van der Waals surface area contributed by atoms with Gasteiger partial charge in [-0.25, -0.2) is 0 Å². The molecule has 2 atom stereocenters. The van der Waals surface area contributed by atoms with Crippen molar-refractivity contribution >= 4 is 11.9 Å². The standard InChI is InChI=1S/C21H30O7/c1-5-24-19(22)16(20(23)25-6-2)12-17(18-14-27-21(3,4)28-18)26-13-15-10-8-7-9-11-15/h7-11,16-18H,5-6,12-14H2,1-4H3/t17-,18-/m1/s1. The van der Waals surface area contributed by atoms with Crippen LogP contribution in [0.1, 0.15) is 39.7 Å². The van der Waals surface area contributed by atoms with Gasteiger partial charge < -0.3 is 23.7 Å². The predicted molar refractivity (Wildman–Crippen MR) is 101 cm³/mol. The van der Waals surface area contributed by atoms with Crippen molar-refractivity contribution in [3.05, 3.63) is 35.9 Å². The number of carbonyl (C=O) groups excluding carboxylic acids is 2. The maximum Gasteiger partial charge on any atom is 0.320 e. The average Bonchev–Trinajstić information content (AvgIpc) is 3.02. The van der Waals surface area contributed by atoms with Gasteiger partial charge in [-0.05, 0) is 33.3 Å². The van der Waals surface area contributed by atoms with Crippen LogP contribution in [-0.4, -0.2) is 49.8 Å². The van der Waals surface area contributed by atoms with Crippen LogP contribution in [0.3, 0.4) is 0 Å². The molecule has 0 unspecified atom stereocenters. The van der Waals surface area contributed by atoms with Crippen LogP contribution in [0.4, 0.5) is 0 Å². The summed E-state index contributed by atoms with van der Waals surface area (Å²) in [6.07, 6.45) is -0.861. The molecule has 1 saturated heterocycles. The first-order valence-corrected chi connectivity index (χ1v) is 9.66. The highest BCUT2D eigenvalue weighted by atomic mass is 16.7. The number of carbonyl (C=O) groups is 2. The van der Waals surface area contributed by atoms with Gasteiger partial charge in [0.1, 0.15) is 6.10 Å². The number of rotatable bonds is 10. The highest BCUT2D eigenvalue weighted by Gasteiger charge is 2.42. The Labute approximate surface area is 166 Å². The second kappa shape index (κ2) is 10.5. The minimum absolute atomic E-state index is 0.0919. The largest absolute Gasteiger partial charge is 0.465 e. The van der Waals surface area contributed by atoms with E-state index >= 15 is 0 Å². The van der Waals surface area contributed by atoms with Crippen LogP contribution in [-0.2, 0) is 39.9 Å². The molecule has 156 valence electrons. The van der Waals surface area contributed by atoms with E-state index in [4.69, 9.17) is 23.7 Å². The minimum atomic E-state index is -1.08. The summed E-state index contributed by atoms with van der Waals surface area (Å²) < 4.78 is 27.8. The lowest BCUT2D eigenvalue weighted by molar-refractivity contribution is -0.171. The molecule has 0 N–H and O–H groups in total. The lowest BCUT2D eigenvalue weighted by Gasteiger charge is -2.27. The number of hydrogen-bond donors (Lipinski definition) is 0. The number of hydrogen-bond acceptors (Lipinski definition) is 7. The van der Waals surface area contributed by atoms with Gasteiger partial charge in [0.15, 0.2) is 11.7 Å². The molecule has 0 aromatic heterocycles. The summed E-state index contributed by atoms with van der Waals surface area (Å²) in [5.41, 5.74) is 0.981. The summed E-state index contributed by atoms with van der Waals surface area (Å²) in [6, 6.07) is 9.66. The topological polar surface area (TPSA) is 80.3 Å². The maximum atomic E-state index is 12.4. The maximum absolute atomic E-state index is 12.4. The van der Waals surface area contributed by atoms with Crippen molar-refractivity contribution in [1.29, 1.82) is 0 Å². The molecular weight excluding hydrogens is 364 g/mol. The van der Waals surface area contributed by atoms with E-state index in [0.717, 1.165) is 5.56 Å². The molecule has 0 aliphatic carbocycles. The van der Waals surface area contributed by atoms with Gasteiger partial charge in [-0.15, -0.1) is 0 Å². The summed E-state index contributed by atoms with van der Waals surface area (Å²) >= 11 is 0. The lowest BCUT2D eigenvalue weighted by Crippen LogP contribution is -2.39. The third kappa shape index (κ3) is 6.58. The van der Waals surface area contributed by atoms with Crippen LogP contribution >= 0.6 is 0 Å². The molecule has 0 radical (unpaired) electrons. The Bertz CT molecular complexity index is 611. The van der Waals surface area contributed by atoms with Gasteiger partial charge in [0.25, 0.3) is 0 Å². The van der Waals surface area contributed by atoms with Crippen LogP contribution in [0.5, 0.6) is 0 Å². The van der Waals surface area contributed by atoms with Crippen LogP contribution in [0.25, 0.3) is 0 Å². The molecule has 1 aliphatic rings. The van der Waals surface area contributed by atoms with Crippen molar-refractivity contribution in [2.45, 2.75) is 58.7 Å². The van der Waals surface area contributed by atoms with Crippen molar-refractivity contribution in [1.82, 2.24) is 0 Å². The third-order valence-corrected chi connectivity index (χ3v) is 4.36. The van der Waals surface area contributed by atoms with Crippen molar-refractivity contribution in [3.63, 3.8) is 0 Å². The molecule has 0 amide bonds. The van der Waals surface area contributed by atoms with Gasteiger partial charge in [0.2, 0.25) is 0 Å². The molecule has 7 nitrogen and oxygen atoms in total. The van der Waals surface area contributed by atoms with E-state index in [1.807, 2.05) is 44.2 Å². The minimum Gasteiger partial charge on any atom is -0.465 e. The quantitative estimate of drug-likeness (QED) is 0.446. The molecule has 1 aliphatic heterocycles. The molecule has 1 aromatic carbocycles. The Morgan fingerprint density at radius 3 is 2.21 bits per heavy atom. The fourth-order valence-electron chi connectivity index (χ4n) is 3.01. The smallest absolute Gasteiger partial charge is 0.320 e. The van der Waals surface area contributed by atoms with Crippen molar-refractivity contribution in [2.75, 3.05) is 19.8 Å². The molecule has 0 saturated carbocycles. The third-order valence-electron chi connectivity index (χ3n) is 4.36. The number of esters is 2. The molecule has 1 aromatic rings. The second-order valence-electron chi connectivity index (χ2n) is 6.99. The van der Waals surface area contributed by atoms with Crippen LogP contribution in [0, 0.1) is 5.92 Å². The summed E-state index contributed by atoms with van der Waals surface area (Å²) in [6.45, 7) is 8.01. The Hall–Kier alpha value is -1.96. The van der Waals surface area contributed by atoms with Gasteiger partial charge in [-0.2, -0.15) is 0 Å². The Morgan fingerprint density at radius 2 is 1.71 bits per heavy atom. The van der Waals surface area contributed by atoms with Gasteiger partial charge in [0.05, 0.1) is 32.5 Å². The first-order chi connectivity index (χ1) is 13.4. The lowest BCUT2D eigenvalue weighted by atomic mass is 9.98. The van der Waals surface area contributed by atoms with E-state index in [1.165, 1.54) is 0 Å². The molecule has 7 heteroatoms. The van der Waals surface area contributed by atoms with Gasteiger partial charge >= 0.3 is 11.9 Å². The fraction of sp³-hybridized carbons (Fsp3) is 0.619. The second-order valence-corrected chi connectivity index (χ2v) is 6.99. The van der Waals surface area contributed by atoms with E-state index in [1.54, 1.807) is 13.8 Å². The molecule has 1 heterocycles.